The molecule has 0 bridgehead atoms. The second kappa shape index (κ2) is 10.9. The number of aromatic nitrogens is 2. The second-order valence-corrected chi connectivity index (χ2v) is 8.96. The molecule has 0 aliphatic carbocycles. The summed E-state index contributed by atoms with van der Waals surface area (Å²) in [5, 5.41) is 0. The van der Waals surface area contributed by atoms with Crippen LogP contribution in [0, 0.1) is 6.92 Å². The van der Waals surface area contributed by atoms with Gasteiger partial charge in [-0.2, -0.15) is 0 Å². The molecule has 3 aromatic carbocycles. The fourth-order valence-corrected chi connectivity index (χ4v) is 4.59. The van der Waals surface area contributed by atoms with Crippen LogP contribution in [0.4, 0.5) is 0 Å². The quantitative estimate of drug-likeness (QED) is 0.324. The van der Waals surface area contributed by atoms with Crippen molar-refractivity contribution in [3.05, 3.63) is 124 Å². The molecule has 0 spiro atoms. The standard InChI is InChI=1S/C27H26BrN3O.BrH/c1-21-30(18-19-31(21)20-22-12-14-25(28)15-13-22)17-16-27(26(29)32,23-8-4-2-5-9-23)24-10-6-3-7-11-24;/h2-15,18-19H,16-17,20H2,1H3,(H-,29,32);1H. The summed E-state index contributed by atoms with van der Waals surface area (Å²) in [6.45, 7) is 3.58. The fraction of sp³-hybridized carbons (Fsp3) is 0.185. The van der Waals surface area contributed by atoms with Crippen molar-refractivity contribution >= 4 is 21.8 Å². The van der Waals surface area contributed by atoms with Crippen molar-refractivity contribution in [3.8, 4) is 0 Å². The van der Waals surface area contributed by atoms with Crippen LogP contribution in [-0.4, -0.2) is 10.5 Å². The highest BCUT2D eigenvalue weighted by Crippen LogP contribution is 2.36. The average molecular weight is 569 g/mol. The number of hydrogen-bond acceptors (Lipinski definition) is 1. The molecule has 0 radical (unpaired) electrons. The van der Waals surface area contributed by atoms with E-state index >= 15 is 0 Å². The van der Waals surface area contributed by atoms with Crippen molar-refractivity contribution in [2.45, 2.75) is 31.8 Å². The number of halogens is 2. The van der Waals surface area contributed by atoms with Crippen LogP contribution >= 0.6 is 15.9 Å². The fourth-order valence-electron chi connectivity index (χ4n) is 4.33. The van der Waals surface area contributed by atoms with E-state index in [2.05, 4.69) is 68.6 Å². The van der Waals surface area contributed by atoms with Crippen LogP contribution in [0.1, 0.15) is 28.9 Å². The minimum absolute atomic E-state index is 0. The van der Waals surface area contributed by atoms with E-state index in [0.29, 0.717) is 13.0 Å². The maximum atomic E-state index is 13.0. The third-order valence-electron chi connectivity index (χ3n) is 6.21. The predicted molar refractivity (Wildman–Crippen MR) is 130 cm³/mol. The molecule has 0 atom stereocenters. The SMILES string of the molecule is Cc1n(CCC(C(N)=O)(c2ccccc2)c2ccccc2)cc[n+]1Cc1ccc(Br)cc1.[Br-]. The number of rotatable bonds is 8. The zero-order valence-electron chi connectivity index (χ0n) is 18.5. The van der Waals surface area contributed by atoms with Crippen LogP contribution in [0.5, 0.6) is 0 Å². The van der Waals surface area contributed by atoms with Gasteiger partial charge in [0.1, 0.15) is 24.4 Å². The van der Waals surface area contributed by atoms with E-state index in [-0.39, 0.29) is 22.9 Å². The van der Waals surface area contributed by atoms with E-state index in [1.54, 1.807) is 0 Å². The summed E-state index contributed by atoms with van der Waals surface area (Å²) in [4.78, 5) is 13.0. The average Bonchev–Trinajstić information content (AvgIpc) is 3.16. The number of amides is 1. The molecule has 1 heterocycles. The monoisotopic (exact) mass is 567 g/mol. The van der Waals surface area contributed by atoms with Crippen LogP contribution in [0.15, 0.2) is 102 Å². The number of nitrogens with zero attached hydrogens (tertiary/aromatic N) is 2. The summed E-state index contributed by atoms with van der Waals surface area (Å²) in [6, 6.07) is 28.1. The first-order valence-corrected chi connectivity index (χ1v) is 11.5. The van der Waals surface area contributed by atoms with Crippen molar-refractivity contribution in [2.75, 3.05) is 0 Å². The predicted octanol–water partition coefficient (Wildman–Crippen LogP) is 1.76. The lowest BCUT2D eigenvalue weighted by Crippen LogP contribution is -3.00. The van der Waals surface area contributed by atoms with Gasteiger partial charge in [-0.15, -0.1) is 0 Å². The van der Waals surface area contributed by atoms with E-state index < -0.39 is 5.41 Å². The molecule has 4 aromatic rings. The first kappa shape index (κ1) is 24.9. The molecule has 0 unspecified atom stereocenters. The minimum atomic E-state index is -0.893. The summed E-state index contributed by atoms with van der Waals surface area (Å²) >= 11 is 3.49. The molecule has 0 saturated heterocycles. The number of carbonyl (C=O) groups is 1. The number of carbonyl (C=O) groups excluding carboxylic acids is 1. The summed E-state index contributed by atoms with van der Waals surface area (Å²) in [7, 11) is 0. The zero-order chi connectivity index (χ0) is 22.6. The maximum absolute atomic E-state index is 13.0. The molecule has 6 heteroatoms. The van der Waals surface area contributed by atoms with Gasteiger partial charge in [0.05, 0.1) is 6.54 Å². The van der Waals surface area contributed by atoms with Crippen molar-refractivity contribution < 1.29 is 26.3 Å². The van der Waals surface area contributed by atoms with Gasteiger partial charge in [-0.25, -0.2) is 9.13 Å². The molecular formula is C27H27Br2N3O. The second-order valence-electron chi connectivity index (χ2n) is 8.04. The van der Waals surface area contributed by atoms with E-state index in [0.717, 1.165) is 28.0 Å². The molecule has 33 heavy (non-hydrogen) atoms. The summed E-state index contributed by atoms with van der Waals surface area (Å²) < 4.78 is 5.49. The van der Waals surface area contributed by atoms with E-state index in [1.807, 2.05) is 60.7 Å². The minimum Gasteiger partial charge on any atom is -1.00 e. The Morgan fingerprint density at radius 1 is 0.939 bits per heavy atom. The van der Waals surface area contributed by atoms with Crippen LogP contribution < -0.4 is 27.3 Å². The Morgan fingerprint density at radius 2 is 1.48 bits per heavy atom. The molecule has 1 amide bonds. The molecule has 0 aliphatic heterocycles. The highest BCUT2D eigenvalue weighted by Gasteiger charge is 2.40. The van der Waals surface area contributed by atoms with Crippen molar-refractivity contribution in [1.82, 2.24) is 4.57 Å². The summed E-state index contributed by atoms with van der Waals surface area (Å²) in [5.41, 5.74) is 8.29. The number of nitrogens with two attached hydrogens (primary N) is 1. The molecule has 170 valence electrons. The number of primary amides is 1. The highest BCUT2D eigenvalue weighted by atomic mass is 79.9. The van der Waals surface area contributed by atoms with Crippen molar-refractivity contribution in [2.24, 2.45) is 5.73 Å². The Bertz CT molecular complexity index is 1150. The van der Waals surface area contributed by atoms with Crippen LogP contribution in [0.25, 0.3) is 0 Å². The topological polar surface area (TPSA) is 51.9 Å². The highest BCUT2D eigenvalue weighted by molar-refractivity contribution is 9.10. The zero-order valence-corrected chi connectivity index (χ0v) is 21.7. The first-order chi connectivity index (χ1) is 15.5. The van der Waals surface area contributed by atoms with Gasteiger partial charge in [-0.3, -0.25) is 4.79 Å². The lowest BCUT2D eigenvalue weighted by Gasteiger charge is -2.31. The van der Waals surface area contributed by atoms with Crippen LogP contribution in [0.2, 0.25) is 0 Å². The van der Waals surface area contributed by atoms with Gasteiger partial charge in [0, 0.05) is 17.8 Å². The molecule has 0 fully saturated rings. The lowest BCUT2D eigenvalue weighted by molar-refractivity contribution is -0.694. The van der Waals surface area contributed by atoms with Crippen molar-refractivity contribution in [1.29, 1.82) is 0 Å². The molecule has 4 rings (SSSR count). The largest absolute Gasteiger partial charge is 1.00 e. The van der Waals surface area contributed by atoms with E-state index in [1.165, 1.54) is 5.56 Å². The smallest absolute Gasteiger partial charge is 0.253 e. The Kier molecular flexibility index (Phi) is 8.27. The van der Waals surface area contributed by atoms with Gasteiger partial charge < -0.3 is 22.7 Å². The van der Waals surface area contributed by atoms with E-state index in [4.69, 9.17) is 5.73 Å². The molecule has 2 N–H and O–H groups in total. The number of imidazole rings is 1. The molecule has 0 saturated carbocycles. The Labute approximate surface area is 214 Å². The Morgan fingerprint density at radius 3 is 2.00 bits per heavy atom. The van der Waals surface area contributed by atoms with Gasteiger partial charge in [-0.1, -0.05) is 88.7 Å². The number of benzene rings is 3. The summed E-state index contributed by atoms with van der Waals surface area (Å²) in [5.74, 6) is 0.801. The van der Waals surface area contributed by atoms with Gasteiger partial charge in [0.25, 0.3) is 5.82 Å². The Hall–Kier alpha value is -2.70. The van der Waals surface area contributed by atoms with Gasteiger partial charge in [0.2, 0.25) is 5.91 Å². The van der Waals surface area contributed by atoms with Gasteiger partial charge in [0.15, 0.2) is 0 Å². The molecule has 4 nitrogen and oxygen atoms in total. The van der Waals surface area contributed by atoms with Gasteiger partial charge >= 0.3 is 0 Å². The third kappa shape index (κ3) is 5.28. The third-order valence-corrected chi connectivity index (χ3v) is 6.73. The van der Waals surface area contributed by atoms with E-state index in [9.17, 15) is 4.79 Å². The molecular weight excluding hydrogens is 542 g/mol. The first-order valence-electron chi connectivity index (χ1n) is 10.7. The lowest BCUT2D eigenvalue weighted by atomic mass is 9.71. The molecule has 0 aliphatic rings. The molecule has 1 aromatic heterocycles. The Balaban J connectivity index is 0.00000306. The number of aryl methyl sites for hydroxylation is 1. The van der Waals surface area contributed by atoms with Crippen LogP contribution in [0.3, 0.4) is 0 Å². The summed E-state index contributed by atoms with van der Waals surface area (Å²) in [6.07, 6.45) is 4.74. The maximum Gasteiger partial charge on any atom is 0.253 e. The van der Waals surface area contributed by atoms with Crippen LogP contribution in [-0.2, 0) is 23.3 Å². The van der Waals surface area contributed by atoms with Gasteiger partial charge in [-0.05, 0) is 28.8 Å². The van der Waals surface area contributed by atoms with Crippen molar-refractivity contribution in [3.63, 3.8) is 0 Å². The number of hydrogen-bond donors (Lipinski definition) is 1. The normalized spacial score (nSPS) is 11.1.